The number of likely N-dealkylation sites (tertiary alicyclic amines) is 1. The fourth-order valence-electron chi connectivity index (χ4n) is 4.36. The van der Waals surface area contributed by atoms with E-state index in [-0.39, 0.29) is 25.0 Å². The third-order valence-electron chi connectivity index (χ3n) is 5.96. The zero-order valence-electron chi connectivity index (χ0n) is 18.5. The second-order valence-corrected chi connectivity index (χ2v) is 8.14. The number of pyridine rings is 1. The number of H-pyrrole nitrogens is 1. The molecule has 1 amide bonds. The van der Waals surface area contributed by atoms with Crippen LogP contribution < -0.4 is 0 Å². The third-order valence-corrected chi connectivity index (χ3v) is 5.96. The number of nitrogens with zero attached hydrogens (tertiary/aromatic N) is 4. The van der Waals surface area contributed by atoms with Crippen molar-refractivity contribution in [2.45, 2.75) is 45.7 Å². The highest BCUT2D eigenvalue weighted by atomic mass is 19.4. The van der Waals surface area contributed by atoms with Crippen molar-refractivity contribution < 1.29 is 27.5 Å². The first kappa shape index (κ1) is 22.8. The maximum absolute atomic E-state index is 13.3. The van der Waals surface area contributed by atoms with E-state index in [9.17, 15) is 22.8 Å². The molecule has 3 aromatic rings. The number of aromatic amines is 1. The summed E-state index contributed by atoms with van der Waals surface area (Å²) in [5.41, 5.74) is 1.24. The monoisotopic (exact) mass is 463 g/mol. The Labute approximate surface area is 187 Å². The number of hydrogen-bond donors (Lipinski definition) is 1. The summed E-state index contributed by atoms with van der Waals surface area (Å²) in [5.74, 6) is -0.655. The molecule has 1 aliphatic rings. The summed E-state index contributed by atoms with van der Waals surface area (Å²) >= 11 is 0. The van der Waals surface area contributed by atoms with Crippen LogP contribution in [-0.2, 0) is 10.9 Å². The molecule has 1 atom stereocenters. The maximum atomic E-state index is 13.3. The third kappa shape index (κ3) is 4.19. The Kier molecular flexibility index (Phi) is 5.89. The normalized spacial score (nSPS) is 16.9. The summed E-state index contributed by atoms with van der Waals surface area (Å²) in [4.78, 5) is 30.2. The number of aromatic nitrogens is 4. The average Bonchev–Trinajstić information content (AvgIpc) is 3.32. The van der Waals surface area contributed by atoms with E-state index in [0.29, 0.717) is 53.4 Å². The molecule has 33 heavy (non-hydrogen) atoms. The molecule has 1 N–H and O–H groups in total. The van der Waals surface area contributed by atoms with Crippen LogP contribution in [0.3, 0.4) is 0 Å². The topological polar surface area (TPSA) is 92.6 Å². The van der Waals surface area contributed by atoms with Gasteiger partial charge in [0.25, 0.3) is 5.91 Å². The van der Waals surface area contributed by atoms with Crippen molar-refractivity contribution in [2.24, 2.45) is 0 Å². The van der Waals surface area contributed by atoms with Crippen LogP contribution in [0.1, 0.15) is 69.2 Å². The Morgan fingerprint density at radius 1 is 1.24 bits per heavy atom. The van der Waals surface area contributed by atoms with Crippen molar-refractivity contribution in [3.8, 4) is 0 Å². The van der Waals surface area contributed by atoms with Gasteiger partial charge in [0.1, 0.15) is 11.5 Å². The van der Waals surface area contributed by atoms with Crippen LogP contribution in [0.4, 0.5) is 13.2 Å². The van der Waals surface area contributed by atoms with E-state index in [2.05, 4.69) is 15.2 Å². The highest BCUT2D eigenvalue weighted by Gasteiger charge is 2.34. The molecule has 176 valence electrons. The molecule has 1 unspecified atom stereocenters. The number of amides is 1. The Morgan fingerprint density at radius 2 is 2.00 bits per heavy atom. The first-order chi connectivity index (χ1) is 15.6. The maximum Gasteiger partial charge on any atom is 0.417 e. The molecule has 11 heteroatoms. The molecule has 0 aliphatic carbocycles. The molecule has 8 nitrogen and oxygen atoms in total. The minimum atomic E-state index is -4.48. The van der Waals surface area contributed by atoms with Crippen molar-refractivity contribution in [3.63, 3.8) is 0 Å². The lowest BCUT2D eigenvalue weighted by atomic mass is 9.96. The largest absolute Gasteiger partial charge is 0.462 e. The van der Waals surface area contributed by atoms with E-state index in [4.69, 9.17) is 4.74 Å². The smallest absolute Gasteiger partial charge is 0.417 e. The number of carbonyl (C=O) groups excluding carboxylic acids is 2. The predicted molar refractivity (Wildman–Crippen MR) is 112 cm³/mol. The SMILES string of the molecule is CCOC(=O)c1c(C)[nH]c(C(=O)N2CCCC(c3nnc4ccc(C(F)(F)F)cn34)C2)c1C. The Morgan fingerprint density at radius 3 is 2.70 bits per heavy atom. The molecule has 0 radical (unpaired) electrons. The van der Waals surface area contributed by atoms with Gasteiger partial charge < -0.3 is 14.6 Å². The van der Waals surface area contributed by atoms with Crippen molar-refractivity contribution in [2.75, 3.05) is 19.7 Å². The zero-order valence-corrected chi connectivity index (χ0v) is 18.5. The van der Waals surface area contributed by atoms with Crippen molar-refractivity contribution in [1.82, 2.24) is 24.5 Å². The van der Waals surface area contributed by atoms with Gasteiger partial charge in [0.15, 0.2) is 5.65 Å². The quantitative estimate of drug-likeness (QED) is 0.593. The van der Waals surface area contributed by atoms with E-state index in [1.807, 2.05) is 0 Å². The van der Waals surface area contributed by atoms with Gasteiger partial charge in [0, 0.05) is 30.9 Å². The van der Waals surface area contributed by atoms with Crippen molar-refractivity contribution >= 4 is 17.5 Å². The number of alkyl halides is 3. The van der Waals surface area contributed by atoms with Gasteiger partial charge in [-0.25, -0.2) is 4.79 Å². The van der Waals surface area contributed by atoms with Crippen molar-refractivity contribution in [1.29, 1.82) is 0 Å². The number of esters is 1. The Hall–Kier alpha value is -3.37. The van der Waals surface area contributed by atoms with Crippen LogP contribution in [-0.4, -0.2) is 56.1 Å². The molecule has 3 aromatic heterocycles. The van der Waals surface area contributed by atoms with E-state index >= 15 is 0 Å². The average molecular weight is 463 g/mol. The molecule has 4 heterocycles. The van der Waals surface area contributed by atoms with Gasteiger partial charge in [0.2, 0.25) is 0 Å². The number of halogens is 3. The molecule has 0 saturated carbocycles. The van der Waals surface area contributed by atoms with Crippen LogP contribution in [0.5, 0.6) is 0 Å². The number of hydrogen-bond acceptors (Lipinski definition) is 5. The first-order valence-electron chi connectivity index (χ1n) is 10.7. The highest BCUT2D eigenvalue weighted by Crippen LogP contribution is 2.32. The standard InChI is InChI=1S/C22H24F3N5O3/c1-4-33-21(32)17-12(2)18(26-13(17)3)20(31)29-9-5-6-14(10-29)19-28-27-16-8-7-15(11-30(16)19)22(23,24)25/h7-8,11,14,26H,4-6,9-10H2,1-3H3. The van der Waals surface area contributed by atoms with Crippen molar-refractivity contribution in [3.05, 3.63) is 52.2 Å². The molecular weight excluding hydrogens is 439 g/mol. The number of ether oxygens (including phenoxy) is 1. The Balaban J connectivity index is 1.60. The number of rotatable bonds is 4. The van der Waals surface area contributed by atoms with Crippen LogP contribution in [0, 0.1) is 13.8 Å². The van der Waals surface area contributed by atoms with Crippen LogP contribution >= 0.6 is 0 Å². The second kappa shape index (κ2) is 8.53. The van der Waals surface area contributed by atoms with Gasteiger partial charge in [0.05, 0.1) is 17.7 Å². The number of carbonyl (C=O) groups is 2. The second-order valence-electron chi connectivity index (χ2n) is 8.14. The predicted octanol–water partition coefficient (Wildman–Crippen LogP) is 3.89. The zero-order chi connectivity index (χ0) is 23.9. The molecule has 1 aliphatic heterocycles. The van der Waals surface area contributed by atoms with Gasteiger partial charge in [-0.2, -0.15) is 13.2 Å². The lowest BCUT2D eigenvalue weighted by Gasteiger charge is -2.32. The minimum absolute atomic E-state index is 0.225. The molecule has 0 spiro atoms. The molecule has 1 fully saturated rings. The van der Waals surface area contributed by atoms with E-state index in [1.165, 1.54) is 10.5 Å². The van der Waals surface area contributed by atoms with E-state index in [0.717, 1.165) is 12.3 Å². The Bertz CT molecular complexity index is 1210. The van der Waals surface area contributed by atoms with Gasteiger partial charge in [-0.05, 0) is 51.3 Å². The molecule has 0 aromatic carbocycles. The number of nitrogens with one attached hydrogen (secondary N) is 1. The summed E-state index contributed by atoms with van der Waals surface area (Å²) in [6.45, 7) is 6.10. The number of fused-ring (bicyclic) bond motifs is 1. The van der Waals surface area contributed by atoms with Crippen LogP contribution in [0.2, 0.25) is 0 Å². The summed E-state index contributed by atoms with van der Waals surface area (Å²) in [7, 11) is 0. The summed E-state index contributed by atoms with van der Waals surface area (Å²) in [6, 6.07) is 2.26. The summed E-state index contributed by atoms with van der Waals surface area (Å²) in [6.07, 6.45) is -2.16. The van der Waals surface area contributed by atoms with E-state index < -0.39 is 17.7 Å². The lowest BCUT2D eigenvalue weighted by molar-refractivity contribution is -0.137. The van der Waals surface area contributed by atoms with Gasteiger partial charge >= 0.3 is 12.1 Å². The fraction of sp³-hybridized carbons (Fsp3) is 0.455. The summed E-state index contributed by atoms with van der Waals surface area (Å²) < 4.78 is 46.0. The van der Waals surface area contributed by atoms with Crippen LogP contribution in [0.15, 0.2) is 18.3 Å². The molecular formula is C22H24F3N5O3. The number of aryl methyl sites for hydroxylation is 1. The van der Waals surface area contributed by atoms with Gasteiger partial charge in [-0.3, -0.25) is 9.20 Å². The highest BCUT2D eigenvalue weighted by molar-refractivity contribution is 6.00. The first-order valence-corrected chi connectivity index (χ1v) is 10.7. The minimum Gasteiger partial charge on any atom is -0.462 e. The molecule has 0 bridgehead atoms. The van der Waals surface area contributed by atoms with Gasteiger partial charge in [-0.1, -0.05) is 0 Å². The lowest BCUT2D eigenvalue weighted by Crippen LogP contribution is -2.40. The fourth-order valence-corrected chi connectivity index (χ4v) is 4.36. The summed E-state index contributed by atoms with van der Waals surface area (Å²) in [5, 5.41) is 8.12. The van der Waals surface area contributed by atoms with Gasteiger partial charge in [-0.15, -0.1) is 10.2 Å². The molecule has 4 rings (SSSR count). The van der Waals surface area contributed by atoms with E-state index in [1.54, 1.807) is 25.7 Å². The molecule has 1 saturated heterocycles. The van der Waals surface area contributed by atoms with Crippen LogP contribution in [0.25, 0.3) is 5.65 Å². The number of piperidine rings is 1.